The van der Waals surface area contributed by atoms with E-state index in [1.165, 1.54) is 13.0 Å². The third-order valence-corrected chi connectivity index (χ3v) is 4.67. The van der Waals surface area contributed by atoms with Crippen molar-refractivity contribution < 1.29 is 14.4 Å². The summed E-state index contributed by atoms with van der Waals surface area (Å²) in [6.45, 7) is 7.28. The van der Waals surface area contributed by atoms with Crippen LogP contribution in [0.1, 0.15) is 57.3 Å². The van der Waals surface area contributed by atoms with E-state index in [9.17, 15) is 14.4 Å². The summed E-state index contributed by atoms with van der Waals surface area (Å²) in [5.74, 6) is -0.454. The van der Waals surface area contributed by atoms with Crippen molar-refractivity contribution in [3.63, 3.8) is 0 Å². The molecule has 0 saturated carbocycles. The van der Waals surface area contributed by atoms with E-state index < -0.39 is 0 Å². The van der Waals surface area contributed by atoms with Gasteiger partial charge in [0.25, 0.3) is 0 Å². The Hall–Kier alpha value is -2.43. The van der Waals surface area contributed by atoms with Crippen LogP contribution in [0.5, 0.6) is 0 Å². The lowest BCUT2D eigenvalue weighted by atomic mass is 9.96. The fourth-order valence-corrected chi connectivity index (χ4v) is 3.25. The summed E-state index contributed by atoms with van der Waals surface area (Å²) >= 11 is 0. The molecule has 2 atom stereocenters. The first-order valence-corrected chi connectivity index (χ1v) is 8.72. The molecular formula is C20H26N2O3. The summed E-state index contributed by atoms with van der Waals surface area (Å²) in [5, 5.41) is 2.72. The van der Waals surface area contributed by atoms with E-state index in [0.717, 1.165) is 19.3 Å². The SMILES string of the molecule is CC(=O)c1ccc(NC(=O)/C=C(/C)C(=O)N2C(C)CCCC2C)cc1. The highest BCUT2D eigenvalue weighted by atomic mass is 16.2. The van der Waals surface area contributed by atoms with Crippen molar-refractivity contribution in [3.05, 3.63) is 41.5 Å². The van der Waals surface area contributed by atoms with Gasteiger partial charge in [-0.1, -0.05) is 0 Å². The van der Waals surface area contributed by atoms with Crippen LogP contribution >= 0.6 is 0 Å². The minimum atomic E-state index is -0.348. The quantitative estimate of drug-likeness (QED) is 0.672. The maximum absolute atomic E-state index is 12.7. The highest BCUT2D eigenvalue weighted by molar-refractivity contribution is 6.06. The average molecular weight is 342 g/mol. The minimum Gasteiger partial charge on any atom is -0.334 e. The topological polar surface area (TPSA) is 66.5 Å². The Morgan fingerprint density at radius 3 is 2.12 bits per heavy atom. The summed E-state index contributed by atoms with van der Waals surface area (Å²) in [4.78, 5) is 38.0. The number of Topliss-reactive ketones (excluding diaryl/α,β-unsaturated/α-hetero) is 1. The second kappa shape index (κ2) is 8.10. The van der Waals surface area contributed by atoms with Gasteiger partial charge in [0.15, 0.2) is 5.78 Å². The number of nitrogens with zero attached hydrogens (tertiary/aromatic N) is 1. The van der Waals surface area contributed by atoms with E-state index in [1.54, 1.807) is 31.2 Å². The van der Waals surface area contributed by atoms with E-state index in [4.69, 9.17) is 0 Å². The molecular weight excluding hydrogens is 316 g/mol. The van der Waals surface area contributed by atoms with Gasteiger partial charge in [-0.05, 0) is 71.2 Å². The Morgan fingerprint density at radius 2 is 1.60 bits per heavy atom. The minimum absolute atomic E-state index is 0.0241. The van der Waals surface area contributed by atoms with Crippen LogP contribution in [0.2, 0.25) is 0 Å². The Balaban J connectivity index is 2.03. The molecule has 134 valence electrons. The Morgan fingerprint density at radius 1 is 1.04 bits per heavy atom. The predicted octanol–water partition coefficient (Wildman–Crippen LogP) is 3.56. The van der Waals surface area contributed by atoms with Gasteiger partial charge in [-0.15, -0.1) is 0 Å². The van der Waals surface area contributed by atoms with Crippen molar-refractivity contribution in [2.45, 2.75) is 59.0 Å². The van der Waals surface area contributed by atoms with Crippen LogP contribution < -0.4 is 5.32 Å². The molecule has 0 aromatic heterocycles. The van der Waals surface area contributed by atoms with E-state index in [0.29, 0.717) is 16.8 Å². The van der Waals surface area contributed by atoms with Crippen molar-refractivity contribution in [2.24, 2.45) is 0 Å². The van der Waals surface area contributed by atoms with Gasteiger partial charge in [0.2, 0.25) is 11.8 Å². The third kappa shape index (κ3) is 4.78. The Bertz CT molecular complexity index is 681. The van der Waals surface area contributed by atoms with E-state index in [2.05, 4.69) is 19.2 Å². The van der Waals surface area contributed by atoms with Gasteiger partial charge in [-0.3, -0.25) is 14.4 Å². The van der Waals surface area contributed by atoms with Gasteiger partial charge in [-0.2, -0.15) is 0 Å². The maximum atomic E-state index is 12.7. The van der Waals surface area contributed by atoms with E-state index >= 15 is 0 Å². The van der Waals surface area contributed by atoms with Crippen LogP contribution in [0.4, 0.5) is 5.69 Å². The number of amides is 2. The number of carbonyl (C=O) groups excluding carboxylic acids is 3. The van der Waals surface area contributed by atoms with E-state index in [1.807, 2.05) is 4.90 Å². The number of ketones is 1. The first-order chi connectivity index (χ1) is 11.8. The largest absolute Gasteiger partial charge is 0.334 e. The monoisotopic (exact) mass is 342 g/mol. The molecule has 1 N–H and O–H groups in total. The molecule has 25 heavy (non-hydrogen) atoms. The standard InChI is InChI=1S/C20H26N2O3/c1-13(20(25)22-14(2)6-5-7-15(22)3)12-19(24)21-18-10-8-17(9-11-18)16(4)23/h8-12,14-15H,5-7H2,1-4H3,(H,21,24)/b13-12-. The normalized spacial score (nSPS) is 21.0. The Labute approximate surface area is 149 Å². The number of likely N-dealkylation sites (tertiary alicyclic amines) is 1. The molecule has 2 amide bonds. The summed E-state index contributed by atoms with van der Waals surface area (Å²) in [6.07, 6.45) is 4.47. The van der Waals surface area contributed by atoms with Gasteiger partial charge < -0.3 is 10.2 Å². The second-order valence-corrected chi connectivity index (χ2v) is 6.79. The molecule has 0 radical (unpaired) electrons. The van der Waals surface area contributed by atoms with Crippen molar-refractivity contribution in [3.8, 4) is 0 Å². The number of rotatable bonds is 4. The molecule has 5 heteroatoms. The maximum Gasteiger partial charge on any atom is 0.250 e. The average Bonchev–Trinajstić information content (AvgIpc) is 2.54. The first kappa shape index (κ1) is 18.9. The molecule has 5 nitrogen and oxygen atoms in total. The highest BCUT2D eigenvalue weighted by Crippen LogP contribution is 2.24. The summed E-state index contributed by atoms with van der Waals surface area (Å²) < 4.78 is 0. The van der Waals surface area contributed by atoms with Crippen LogP contribution in [0.15, 0.2) is 35.9 Å². The number of benzene rings is 1. The lowest BCUT2D eigenvalue weighted by Crippen LogP contribution is -2.47. The summed E-state index contributed by atoms with van der Waals surface area (Å²) in [5.41, 5.74) is 1.61. The molecule has 1 fully saturated rings. The zero-order valence-corrected chi connectivity index (χ0v) is 15.3. The zero-order valence-electron chi connectivity index (χ0n) is 15.3. The predicted molar refractivity (Wildman–Crippen MR) is 98.5 cm³/mol. The molecule has 1 aliphatic heterocycles. The van der Waals surface area contributed by atoms with Gasteiger partial charge >= 0.3 is 0 Å². The number of nitrogens with one attached hydrogen (secondary N) is 1. The molecule has 0 aliphatic carbocycles. The molecule has 1 aliphatic rings. The fourth-order valence-electron chi connectivity index (χ4n) is 3.25. The summed E-state index contributed by atoms with van der Waals surface area (Å²) in [6, 6.07) is 7.07. The van der Waals surface area contributed by atoms with Gasteiger partial charge in [0.05, 0.1) is 0 Å². The number of hydrogen-bond donors (Lipinski definition) is 1. The first-order valence-electron chi connectivity index (χ1n) is 8.72. The highest BCUT2D eigenvalue weighted by Gasteiger charge is 2.29. The van der Waals surface area contributed by atoms with Crippen molar-refractivity contribution in [1.29, 1.82) is 0 Å². The lowest BCUT2D eigenvalue weighted by molar-refractivity contribution is -0.133. The molecule has 1 heterocycles. The van der Waals surface area contributed by atoms with Crippen LogP contribution in [0.3, 0.4) is 0 Å². The van der Waals surface area contributed by atoms with Crippen LogP contribution in [-0.2, 0) is 9.59 Å². The molecule has 2 unspecified atom stereocenters. The molecule has 0 bridgehead atoms. The second-order valence-electron chi connectivity index (χ2n) is 6.79. The van der Waals surface area contributed by atoms with Gasteiger partial charge in [-0.25, -0.2) is 0 Å². The van der Waals surface area contributed by atoms with Gasteiger partial charge in [0.1, 0.15) is 0 Å². The smallest absolute Gasteiger partial charge is 0.250 e. The summed E-state index contributed by atoms with van der Waals surface area (Å²) in [7, 11) is 0. The number of hydrogen-bond acceptors (Lipinski definition) is 3. The molecule has 1 saturated heterocycles. The Kier molecular flexibility index (Phi) is 6.12. The van der Waals surface area contributed by atoms with E-state index in [-0.39, 0.29) is 29.7 Å². The molecule has 0 spiro atoms. The number of anilines is 1. The van der Waals surface area contributed by atoms with Crippen LogP contribution in [-0.4, -0.2) is 34.6 Å². The lowest BCUT2D eigenvalue weighted by Gasteiger charge is -2.39. The van der Waals surface area contributed by atoms with Crippen molar-refractivity contribution in [1.82, 2.24) is 4.90 Å². The van der Waals surface area contributed by atoms with Crippen molar-refractivity contribution in [2.75, 3.05) is 5.32 Å². The van der Waals surface area contributed by atoms with Gasteiger partial charge in [0, 0.05) is 35.0 Å². The number of carbonyl (C=O) groups is 3. The van der Waals surface area contributed by atoms with Crippen LogP contribution in [0.25, 0.3) is 0 Å². The number of piperidine rings is 1. The van der Waals surface area contributed by atoms with Crippen molar-refractivity contribution >= 4 is 23.3 Å². The fraction of sp³-hybridized carbons (Fsp3) is 0.450. The molecule has 1 aromatic carbocycles. The molecule has 2 rings (SSSR count). The zero-order chi connectivity index (χ0) is 18.6. The third-order valence-electron chi connectivity index (χ3n) is 4.67. The van der Waals surface area contributed by atoms with Crippen LogP contribution in [0, 0.1) is 0 Å². The molecule has 1 aromatic rings.